The quantitative estimate of drug-likeness (QED) is 0.547. The van der Waals surface area contributed by atoms with Crippen LogP contribution >= 0.6 is 0 Å². The fraction of sp³-hybridized carbons (Fsp3) is 0.579. The number of benzene rings is 1. The monoisotopic (exact) mass is 303 g/mol. The maximum absolute atomic E-state index is 5.83. The lowest BCUT2D eigenvalue weighted by Crippen LogP contribution is -2.37. The van der Waals surface area contributed by atoms with E-state index >= 15 is 0 Å². The third-order valence-electron chi connectivity index (χ3n) is 3.99. The smallest absolute Gasteiger partial charge is 0.119 e. The van der Waals surface area contributed by atoms with Crippen molar-refractivity contribution in [2.45, 2.75) is 51.7 Å². The normalized spacial score (nSPS) is 18.4. The summed E-state index contributed by atoms with van der Waals surface area (Å²) in [7, 11) is 0. The van der Waals surface area contributed by atoms with Crippen molar-refractivity contribution in [1.29, 1.82) is 0 Å². The molecule has 0 amide bonds. The molecule has 1 saturated heterocycles. The van der Waals surface area contributed by atoms with Crippen LogP contribution in [0.3, 0.4) is 0 Å². The Bertz CT molecular complexity index is 431. The number of nitrogens with one attached hydrogen (secondary N) is 1. The van der Waals surface area contributed by atoms with Gasteiger partial charge >= 0.3 is 0 Å². The van der Waals surface area contributed by atoms with Gasteiger partial charge in [-0.15, -0.1) is 0 Å². The molecule has 0 aliphatic carbocycles. The van der Waals surface area contributed by atoms with Crippen LogP contribution in [-0.4, -0.2) is 26.0 Å². The van der Waals surface area contributed by atoms with Gasteiger partial charge in [-0.25, -0.2) is 0 Å². The Hall–Kier alpha value is -1.32. The Kier molecular flexibility index (Phi) is 7.47. The molecular formula is C19H29NO2. The highest BCUT2D eigenvalue weighted by atomic mass is 16.5. The maximum atomic E-state index is 5.83. The molecule has 1 aliphatic heterocycles. The van der Waals surface area contributed by atoms with Crippen LogP contribution in [0.1, 0.15) is 44.1 Å². The lowest BCUT2D eigenvalue weighted by atomic mass is 10.1. The van der Waals surface area contributed by atoms with E-state index in [0.29, 0.717) is 0 Å². The van der Waals surface area contributed by atoms with Crippen LogP contribution < -0.4 is 10.1 Å². The van der Waals surface area contributed by atoms with E-state index in [1.54, 1.807) is 0 Å². The highest BCUT2D eigenvalue weighted by Crippen LogP contribution is 2.14. The van der Waals surface area contributed by atoms with Gasteiger partial charge in [-0.05, 0) is 51.2 Å². The van der Waals surface area contributed by atoms with Gasteiger partial charge in [0, 0.05) is 13.2 Å². The van der Waals surface area contributed by atoms with Gasteiger partial charge in [-0.1, -0.05) is 36.3 Å². The number of aryl methyl sites for hydroxylation is 1. The Morgan fingerprint density at radius 2 is 1.82 bits per heavy atom. The van der Waals surface area contributed by atoms with Gasteiger partial charge in [0.2, 0.25) is 0 Å². The molecule has 0 bridgehead atoms. The van der Waals surface area contributed by atoms with Gasteiger partial charge < -0.3 is 9.47 Å². The Labute approximate surface area is 134 Å². The van der Waals surface area contributed by atoms with Gasteiger partial charge in [0.05, 0.1) is 6.61 Å². The zero-order chi connectivity index (χ0) is 15.6. The average Bonchev–Trinajstić information content (AvgIpc) is 2.53. The zero-order valence-corrected chi connectivity index (χ0v) is 13.8. The molecule has 2 rings (SSSR count). The van der Waals surface area contributed by atoms with Crippen LogP contribution in [0.15, 0.2) is 36.4 Å². The second kappa shape index (κ2) is 9.65. The number of piperidine rings is 1. The predicted molar refractivity (Wildman–Crippen MR) is 91.3 cm³/mol. The minimum Gasteiger partial charge on any atom is -0.494 e. The van der Waals surface area contributed by atoms with Gasteiger partial charge in [0.25, 0.3) is 0 Å². The zero-order valence-electron chi connectivity index (χ0n) is 13.8. The first kappa shape index (κ1) is 17.0. The maximum Gasteiger partial charge on any atom is 0.119 e. The van der Waals surface area contributed by atoms with Gasteiger partial charge in [-0.2, -0.15) is 0 Å². The number of ether oxygens (including phenoxy) is 2. The third-order valence-corrected chi connectivity index (χ3v) is 3.99. The van der Waals surface area contributed by atoms with Crippen LogP contribution in [0, 0.1) is 6.92 Å². The van der Waals surface area contributed by atoms with Crippen LogP contribution in [0.5, 0.6) is 5.75 Å². The van der Waals surface area contributed by atoms with Crippen molar-refractivity contribution in [3.8, 4) is 5.75 Å². The molecule has 1 atom stereocenters. The summed E-state index contributed by atoms with van der Waals surface area (Å²) in [5, 5.41) is 3.36. The van der Waals surface area contributed by atoms with Crippen molar-refractivity contribution in [3.05, 3.63) is 42.0 Å². The molecule has 1 N–H and O–H groups in total. The van der Waals surface area contributed by atoms with Crippen LogP contribution in [-0.2, 0) is 4.74 Å². The summed E-state index contributed by atoms with van der Waals surface area (Å²) >= 11 is 0. The van der Waals surface area contributed by atoms with E-state index in [4.69, 9.17) is 9.47 Å². The molecule has 0 aromatic heterocycles. The molecule has 1 heterocycles. The van der Waals surface area contributed by atoms with Crippen LogP contribution in [0.25, 0.3) is 0 Å². The van der Waals surface area contributed by atoms with E-state index in [1.165, 1.54) is 24.0 Å². The topological polar surface area (TPSA) is 30.5 Å². The van der Waals surface area contributed by atoms with Crippen molar-refractivity contribution in [3.63, 3.8) is 0 Å². The summed E-state index contributed by atoms with van der Waals surface area (Å²) in [6.45, 7) is 8.63. The fourth-order valence-corrected chi connectivity index (χ4v) is 2.53. The molecule has 1 aliphatic rings. The largest absolute Gasteiger partial charge is 0.494 e. The molecule has 0 saturated carbocycles. The van der Waals surface area contributed by atoms with E-state index in [1.807, 2.05) is 12.1 Å². The van der Waals surface area contributed by atoms with Crippen LogP contribution in [0.2, 0.25) is 0 Å². The molecule has 1 aromatic rings. The lowest BCUT2D eigenvalue weighted by molar-refractivity contribution is 0.0174. The highest BCUT2D eigenvalue weighted by molar-refractivity contribution is 5.26. The van der Waals surface area contributed by atoms with Gasteiger partial charge in [0.15, 0.2) is 0 Å². The Morgan fingerprint density at radius 3 is 2.50 bits per heavy atom. The second-order valence-corrected chi connectivity index (χ2v) is 6.10. The van der Waals surface area contributed by atoms with Crippen molar-refractivity contribution in [2.24, 2.45) is 0 Å². The molecule has 22 heavy (non-hydrogen) atoms. The number of hydrogen-bond donors (Lipinski definition) is 1. The fourth-order valence-electron chi connectivity index (χ4n) is 2.53. The highest BCUT2D eigenvalue weighted by Gasteiger charge is 2.14. The average molecular weight is 303 g/mol. The second-order valence-electron chi connectivity index (χ2n) is 6.10. The number of unbranched alkanes of at least 4 members (excludes halogenated alkanes) is 3. The number of rotatable bonds is 9. The van der Waals surface area contributed by atoms with E-state index in [0.717, 1.165) is 51.2 Å². The van der Waals surface area contributed by atoms with E-state index in [2.05, 4.69) is 31.0 Å². The molecule has 1 aromatic carbocycles. The summed E-state index contributed by atoms with van der Waals surface area (Å²) in [5.74, 6) is 0.971. The van der Waals surface area contributed by atoms with E-state index in [9.17, 15) is 0 Å². The lowest BCUT2D eigenvalue weighted by Gasteiger charge is -2.25. The van der Waals surface area contributed by atoms with Gasteiger partial charge in [-0.3, -0.25) is 5.32 Å². The molecule has 3 nitrogen and oxygen atoms in total. The van der Waals surface area contributed by atoms with E-state index < -0.39 is 0 Å². The molecule has 0 spiro atoms. The van der Waals surface area contributed by atoms with Crippen molar-refractivity contribution in [1.82, 2.24) is 5.32 Å². The van der Waals surface area contributed by atoms with Crippen molar-refractivity contribution < 1.29 is 9.47 Å². The third kappa shape index (κ3) is 6.63. The van der Waals surface area contributed by atoms with Crippen molar-refractivity contribution in [2.75, 3.05) is 19.8 Å². The minimum absolute atomic E-state index is 0.232. The molecule has 0 radical (unpaired) electrons. The molecule has 1 fully saturated rings. The molecule has 1 unspecified atom stereocenters. The Morgan fingerprint density at radius 1 is 1.09 bits per heavy atom. The summed E-state index contributed by atoms with van der Waals surface area (Å²) in [5.41, 5.74) is 2.55. The minimum atomic E-state index is 0.232. The summed E-state index contributed by atoms with van der Waals surface area (Å²) in [6, 6.07) is 8.24. The predicted octanol–water partition coefficient (Wildman–Crippen LogP) is 4.22. The molecule has 122 valence electrons. The first-order valence-corrected chi connectivity index (χ1v) is 8.45. The first-order valence-electron chi connectivity index (χ1n) is 8.45. The molecular weight excluding hydrogens is 274 g/mol. The Balaban J connectivity index is 1.41. The standard InChI is InChI=1S/C19H29NO2/c1-16-7-10-18(11-8-16)21-13-5-3-4-6-14-22-19-12-9-17(2)15-20-19/h7-8,10-11,19-20H,2-6,9,12-15H2,1H3. The van der Waals surface area contributed by atoms with E-state index in [-0.39, 0.29) is 6.23 Å². The van der Waals surface area contributed by atoms with Crippen LogP contribution in [0.4, 0.5) is 0 Å². The SMILES string of the molecule is C=C1CCC(OCCCCCCOc2ccc(C)cc2)NC1. The summed E-state index contributed by atoms with van der Waals surface area (Å²) < 4.78 is 11.6. The van der Waals surface area contributed by atoms with Gasteiger partial charge in [0.1, 0.15) is 12.0 Å². The summed E-state index contributed by atoms with van der Waals surface area (Å²) in [4.78, 5) is 0. The summed E-state index contributed by atoms with van der Waals surface area (Å²) in [6.07, 6.45) is 7.02. The first-order chi connectivity index (χ1) is 10.7. The molecule has 3 heteroatoms. The number of hydrogen-bond acceptors (Lipinski definition) is 3. The van der Waals surface area contributed by atoms with Crippen molar-refractivity contribution >= 4 is 0 Å².